The largest absolute Gasteiger partial charge is 0.480 e. The van der Waals surface area contributed by atoms with Gasteiger partial charge in [0.05, 0.1) is 13.3 Å². The summed E-state index contributed by atoms with van der Waals surface area (Å²) in [5, 5.41) is 29.2. The predicted octanol–water partition coefficient (Wildman–Crippen LogP) is 2.09. The Hall–Kier alpha value is -6.58. The first-order valence-electron chi connectivity index (χ1n) is 17.2. The van der Waals surface area contributed by atoms with Gasteiger partial charge in [-0.05, 0) is 81.0 Å². The number of aliphatic carboxylic acids is 2. The van der Waals surface area contributed by atoms with Crippen LogP contribution in [0.3, 0.4) is 0 Å². The number of hydrogen-bond acceptors (Lipinski definition) is 8. The van der Waals surface area contributed by atoms with Crippen LogP contribution in [0.4, 0.5) is 0 Å². The van der Waals surface area contributed by atoms with Crippen LogP contribution in [0.15, 0.2) is 84.9 Å². The van der Waals surface area contributed by atoms with Crippen molar-refractivity contribution in [2.24, 2.45) is 0 Å². The third kappa shape index (κ3) is 14.2. The van der Waals surface area contributed by atoms with Gasteiger partial charge < -0.3 is 41.3 Å². The van der Waals surface area contributed by atoms with Gasteiger partial charge in [0, 0.05) is 35.3 Å². The van der Waals surface area contributed by atoms with Gasteiger partial charge in [-0.3, -0.25) is 28.8 Å². The van der Waals surface area contributed by atoms with Crippen LogP contribution >= 0.6 is 0 Å². The van der Waals surface area contributed by atoms with Crippen molar-refractivity contribution in [1.29, 1.82) is 0 Å². The molecule has 16 nitrogen and oxygen atoms in total. The Labute approximate surface area is 311 Å². The van der Waals surface area contributed by atoms with Gasteiger partial charge in [0.15, 0.2) is 0 Å². The fourth-order valence-corrected chi connectivity index (χ4v) is 5.19. The Morgan fingerprint density at radius 2 is 0.889 bits per heavy atom. The summed E-state index contributed by atoms with van der Waals surface area (Å²) in [7, 11) is 0. The lowest BCUT2D eigenvalue weighted by Crippen LogP contribution is -2.41. The lowest BCUT2D eigenvalue weighted by Gasteiger charge is -2.19. The average Bonchev–Trinajstić information content (AvgIpc) is 3.19. The number of rotatable bonds is 24. The van der Waals surface area contributed by atoms with Crippen LogP contribution in [0, 0.1) is 0 Å². The second-order valence-electron chi connectivity index (χ2n) is 12.2. The van der Waals surface area contributed by atoms with Gasteiger partial charge >= 0.3 is 11.9 Å². The molecule has 286 valence electrons. The highest BCUT2D eigenvalue weighted by Crippen LogP contribution is 2.09. The molecule has 3 rings (SSSR count). The molecule has 6 amide bonds. The Morgan fingerprint density at radius 3 is 1.24 bits per heavy atom. The highest BCUT2D eigenvalue weighted by Gasteiger charge is 2.22. The van der Waals surface area contributed by atoms with E-state index >= 15 is 0 Å². The zero-order valence-corrected chi connectivity index (χ0v) is 29.5. The van der Waals surface area contributed by atoms with Gasteiger partial charge in [-0.1, -0.05) is 42.5 Å². The van der Waals surface area contributed by atoms with E-state index in [0.29, 0.717) is 49.6 Å². The summed E-state index contributed by atoms with van der Waals surface area (Å²) in [6.07, 6.45) is 2.93. The van der Waals surface area contributed by atoms with E-state index in [4.69, 9.17) is 0 Å². The van der Waals surface area contributed by atoms with Gasteiger partial charge in [0.2, 0.25) is 12.8 Å². The summed E-state index contributed by atoms with van der Waals surface area (Å²) in [6, 6.07) is 20.1. The zero-order chi connectivity index (χ0) is 39.3. The smallest absolute Gasteiger partial charge is 0.326 e. The molecule has 0 heterocycles. The fourth-order valence-electron chi connectivity index (χ4n) is 5.19. The quantitative estimate of drug-likeness (QED) is 0.0444. The van der Waals surface area contributed by atoms with Crippen LogP contribution < -0.4 is 21.3 Å². The van der Waals surface area contributed by atoms with E-state index in [-0.39, 0.29) is 50.4 Å². The van der Waals surface area contributed by atoms with E-state index in [1.165, 1.54) is 34.1 Å². The van der Waals surface area contributed by atoms with Crippen LogP contribution in [0.5, 0.6) is 0 Å². The van der Waals surface area contributed by atoms with Gasteiger partial charge in [0.25, 0.3) is 23.6 Å². The van der Waals surface area contributed by atoms with Crippen LogP contribution in [0.1, 0.15) is 80.0 Å². The molecule has 0 saturated heterocycles. The molecule has 0 unspecified atom stereocenters. The van der Waals surface area contributed by atoms with Crippen molar-refractivity contribution in [3.8, 4) is 0 Å². The summed E-state index contributed by atoms with van der Waals surface area (Å²) in [6.45, 7) is 0.131. The molecular formula is C38H44N6O10. The number of carbonyl (C=O) groups excluding carboxylic acids is 6. The molecule has 0 saturated carbocycles. The highest BCUT2D eigenvalue weighted by molar-refractivity contribution is 6.00. The molecule has 0 bridgehead atoms. The second kappa shape index (κ2) is 22.4. The third-order valence-corrected chi connectivity index (χ3v) is 8.23. The Balaban J connectivity index is 1.39. The number of carboxylic acids is 2. The van der Waals surface area contributed by atoms with Crippen molar-refractivity contribution >= 4 is 48.4 Å². The summed E-state index contributed by atoms with van der Waals surface area (Å²) >= 11 is 0. The first kappa shape index (κ1) is 41.8. The lowest BCUT2D eigenvalue weighted by atomic mass is 10.1. The molecule has 3 aromatic carbocycles. The third-order valence-electron chi connectivity index (χ3n) is 8.23. The van der Waals surface area contributed by atoms with Crippen LogP contribution in [0.25, 0.3) is 0 Å². The number of hydrogen-bond donors (Lipinski definition) is 6. The van der Waals surface area contributed by atoms with E-state index in [9.17, 15) is 48.6 Å². The maximum Gasteiger partial charge on any atom is 0.326 e. The normalized spacial score (nSPS) is 11.6. The van der Waals surface area contributed by atoms with Crippen molar-refractivity contribution in [1.82, 2.24) is 31.1 Å². The second-order valence-corrected chi connectivity index (χ2v) is 12.2. The molecule has 0 aliphatic carbocycles. The first-order chi connectivity index (χ1) is 26.0. The minimum absolute atomic E-state index is 0.135. The molecule has 0 spiro atoms. The number of carbonyl (C=O) groups is 8. The van der Waals surface area contributed by atoms with Crippen molar-refractivity contribution in [3.05, 3.63) is 107 Å². The molecule has 16 heteroatoms. The maximum atomic E-state index is 12.8. The van der Waals surface area contributed by atoms with E-state index in [0.717, 1.165) is 0 Å². The van der Waals surface area contributed by atoms with Gasteiger partial charge in [-0.25, -0.2) is 9.59 Å². The summed E-state index contributed by atoms with van der Waals surface area (Å²) in [5.41, 5.74) is 0.965. The molecule has 0 radical (unpaired) electrons. The minimum atomic E-state index is -1.18. The molecule has 2 atom stereocenters. The lowest BCUT2D eigenvalue weighted by molar-refractivity contribution is -0.140. The van der Waals surface area contributed by atoms with Gasteiger partial charge in [-0.15, -0.1) is 0 Å². The Bertz CT molecular complexity index is 1620. The number of unbranched alkanes of at least 4 members (excludes halogenated alkanes) is 2. The summed E-state index contributed by atoms with van der Waals surface area (Å²) < 4.78 is 0. The number of carboxylic acid groups (broad SMARTS) is 2. The Kier molecular flexibility index (Phi) is 17.3. The van der Waals surface area contributed by atoms with E-state index in [1.807, 2.05) is 0 Å². The molecule has 0 fully saturated rings. The topological polar surface area (TPSA) is 232 Å². The molecule has 3 aromatic rings. The van der Waals surface area contributed by atoms with Crippen molar-refractivity contribution in [2.75, 3.05) is 26.4 Å². The van der Waals surface area contributed by atoms with Gasteiger partial charge in [-0.2, -0.15) is 0 Å². The highest BCUT2D eigenvalue weighted by atomic mass is 16.4. The molecule has 54 heavy (non-hydrogen) atoms. The van der Waals surface area contributed by atoms with Crippen molar-refractivity contribution in [3.63, 3.8) is 0 Å². The number of amides is 6. The summed E-state index contributed by atoms with van der Waals surface area (Å²) in [4.78, 5) is 99.5. The molecule has 0 aliphatic heterocycles. The zero-order valence-electron chi connectivity index (χ0n) is 29.5. The number of benzene rings is 3. The van der Waals surface area contributed by atoms with Crippen LogP contribution in [-0.4, -0.2) is 107 Å². The average molecular weight is 745 g/mol. The van der Waals surface area contributed by atoms with Gasteiger partial charge in [0.1, 0.15) is 12.1 Å². The molecular weight excluding hydrogens is 700 g/mol. The van der Waals surface area contributed by atoms with Crippen LogP contribution in [-0.2, 0) is 19.2 Å². The number of nitrogens with one attached hydrogen (secondary N) is 4. The fraction of sp³-hybridized carbons (Fsp3) is 0.316. The van der Waals surface area contributed by atoms with E-state index < -0.39 is 47.7 Å². The summed E-state index contributed by atoms with van der Waals surface area (Å²) in [5.74, 6) is -4.48. The minimum Gasteiger partial charge on any atom is -0.480 e. The van der Waals surface area contributed by atoms with E-state index in [2.05, 4.69) is 21.3 Å². The maximum absolute atomic E-state index is 12.8. The Morgan fingerprint density at radius 1 is 0.519 bits per heavy atom. The standard InChI is InChI=1S/C38H44N6O10/c45-25-43(20-9-7-18-31(37(51)52)41-35(49)27-12-3-1-4-13-27)23-39-33(47)29-16-11-17-30(22-29)34(48)40-24-44(26-46)21-10-8-19-32(38(53)54)42-36(50)28-14-5-2-6-15-28/h1-6,11-17,22,25-26,31-32H,7-10,18-21,23-24H2,(H,39,47)(H,40,48)(H,41,49)(H,42,50)(H,51,52)(H,53,54)/t31-,32-/m0/s1. The monoisotopic (exact) mass is 744 g/mol. The van der Waals surface area contributed by atoms with Crippen LogP contribution in [0.2, 0.25) is 0 Å². The molecule has 0 aromatic heterocycles. The first-order valence-corrected chi connectivity index (χ1v) is 17.2. The number of nitrogens with zero attached hydrogens (tertiary/aromatic N) is 2. The van der Waals surface area contributed by atoms with Crippen molar-refractivity contribution < 1.29 is 48.6 Å². The predicted molar refractivity (Wildman–Crippen MR) is 195 cm³/mol. The molecule has 0 aliphatic rings. The van der Waals surface area contributed by atoms with Crippen molar-refractivity contribution in [2.45, 2.75) is 50.6 Å². The van der Waals surface area contributed by atoms with E-state index in [1.54, 1.807) is 60.7 Å². The SMILES string of the molecule is O=CN(CCCC[C@H](NC(=O)c1ccccc1)C(=O)O)CNC(=O)c1cccc(C(=O)NCN(C=O)CCCC[C@H](NC(=O)c2ccccc2)C(=O)O)c1. The molecule has 6 N–H and O–H groups in total.